The molecule has 0 saturated carbocycles. The van der Waals surface area contributed by atoms with Gasteiger partial charge in [0.2, 0.25) is 0 Å². The third-order valence-corrected chi connectivity index (χ3v) is 4.57. The summed E-state index contributed by atoms with van der Waals surface area (Å²) in [6.07, 6.45) is 3.39. The first kappa shape index (κ1) is 13.3. The summed E-state index contributed by atoms with van der Waals surface area (Å²) >= 11 is 1.45. The summed E-state index contributed by atoms with van der Waals surface area (Å²) in [7, 11) is 0. The number of aromatic nitrogens is 1. The van der Waals surface area contributed by atoms with Crippen molar-refractivity contribution in [3.63, 3.8) is 0 Å². The molecule has 1 amide bonds. The number of carbonyl (C=O) groups excluding carboxylic acids is 1. The van der Waals surface area contributed by atoms with Crippen molar-refractivity contribution in [2.45, 2.75) is 25.8 Å². The number of aryl methyl sites for hydroxylation is 1. The molecule has 1 saturated heterocycles. The number of aliphatic hydroxyl groups excluding tert-OH is 1. The lowest BCUT2D eigenvalue weighted by molar-refractivity contribution is 0.0672. The van der Waals surface area contributed by atoms with Gasteiger partial charge >= 0.3 is 0 Å². The lowest BCUT2D eigenvalue weighted by Gasteiger charge is -2.22. The van der Waals surface area contributed by atoms with Crippen molar-refractivity contribution in [2.75, 3.05) is 13.2 Å². The van der Waals surface area contributed by atoms with Crippen LogP contribution < -0.4 is 0 Å². The number of carbonyl (C=O) groups is 1. The van der Waals surface area contributed by atoms with Crippen LogP contribution in [0.5, 0.6) is 0 Å². The van der Waals surface area contributed by atoms with Gasteiger partial charge in [0, 0.05) is 11.4 Å². The van der Waals surface area contributed by atoms with Gasteiger partial charge in [-0.3, -0.25) is 4.79 Å². The van der Waals surface area contributed by atoms with Crippen LogP contribution in [0.25, 0.3) is 10.8 Å². The molecule has 5 nitrogen and oxygen atoms in total. The quantitative estimate of drug-likeness (QED) is 0.942. The van der Waals surface area contributed by atoms with Crippen molar-refractivity contribution in [3.8, 4) is 10.8 Å². The average molecular weight is 292 g/mol. The van der Waals surface area contributed by atoms with E-state index in [1.165, 1.54) is 11.3 Å². The zero-order valence-corrected chi connectivity index (χ0v) is 12.0. The van der Waals surface area contributed by atoms with Crippen LogP contribution in [0.1, 0.15) is 28.2 Å². The van der Waals surface area contributed by atoms with Gasteiger partial charge in [0.1, 0.15) is 5.69 Å². The van der Waals surface area contributed by atoms with Gasteiger partial charge in [0.15, 0.2) is 10.8 Å². The summed E-state index contributed by atoms with van der Waals surface area (Å²) in [6, 6.07) is 3.56. The van der Waals surface area contributed by atoms with Crippen molar-refractivity contribution in [1.82, 2.24) is 9.88 Å². The third kappa shape index (κ3) is 2.25. The number of amides is 1. The number of likely N-dealkylation sites (tertiary alicyclic amines) is 1. The molecule has 1 aliphatic heterocycles. The van der Waals surface area contributed by atoms with Crippen LogP contribution >= 0.6 is 11.3 Å². The molecule has 0 aromatic carbocycles. The van der Waals surface area contributed by atoms with Gasteiger partial charge in [-0.2, -0.15) is 0 Å². The number of hydrogen-bond acceptors (Lipinski definition) is 5. The van der Waals surface area contributed by atoms with Crippen molar-refractivity contribution >= 4 is 17.2 Å². The summed E-state index contributed by atoms with van der Waals surface area (Å²) in [5.41, 5.74) is 0.474. The molecular formula is C14H16N2O3S. The Morgan fingerprint density at radius 2 is 2.50 bits per heavy atom. The molecule has 3 rings (SSSR count). The van der Waals surface area contributed by atoms with E-state index in [2.05, 4.69) is 4.98 Å². The lowest BCUT2D eigenvalue weighted by Crippen LogP contribution is -2.38. The SMILES string of the molecule is Cc1sc(-c2ccco2)nc1C(=O)N1CCCC1CO. The number of thiazole rings is 1. The minimum Gasteiger partial charge on any atom is -0.462 e. The largest absolute Gasteiger partial charge is 0.462 e. The molecule has 0 spiro atoms. The Morgan fingerprint density at radius 3 is 3.20 bits per heavy atom. The normalized spacial score (nSPS) is 18.7. The standard InChI is InChI=1S/C14H16N2O3S/c1-9-12(14(18)16-6-2-4-10(16)8-17)15-13(20-9)11-5-3-7-19-11/h3,5,7,10,17H,2,4,6,8H2,1H3. The van der Waals surface area contributed by atoms with Crippen LogP contribution in [-0.4, -0.2) is 40.1 Å². The molecule has 20 heavy (non-hydrogen) atoms. The van der Waals surface area contributed by atoms with Crippen molar-refractivity contribution < 1.29 is 14.3 Å². The summed E-state index contributed by atoms with van der Waals surface area (Å²) < 4.78 is 5.32. The Hall–Kier alpha value is -1.66. The predicted octanol–water partition coefficient (Wildman–Crippen LogP) is 2.31. The summed E-state index contributed by atoms with van der Waals surface area (Å²) in [4.78, 5) is 19.6. The van der Waals surface area contributed by atoms with Gasteiger partial charge in [-0.1, -0.05) is 0 Å². The Balaban J connectivity index is 1.89. The number of aliphatic hydroxyl groups is 1. The molecule has 0 aliphatic carbocycles. The van der Waals surface area contributed by atoms with Crippen LogP contribution in [0.3, 0.4) is 0 Å². The van der Waals surface area contributed by atoms with Crippen LogP contribution in [0, 0.1) is 6.92 Å². The number of rotatable bonds is 3. The van der Waals surface area contributed by atoms with Crippen LogP contribution in [-0.2, 0) is 0 Å². The molecule has 0 bridgehead atoms. The molecule has 1 aliphatic rings. The Kier molecular flexibility index (Phi) is 3.58. The van der Waals surface area contributed by atoms with Gasteiger partial charge in [-0.25, -0.2) is 4.98 Å². The molecule has 2 aromatic heterocycles. The fourth-order valence-corrected chi connectivity index (χ4v) is 3.40. The second kappa shape index (κ2) is 5.38. The summed E-state index contributed by atoms with van der Waals surface area (Å²) in [5.74, 6) is 0.588. The maximum atomic E-state index is 12.5. The van der Waals surface area contributed by atoms with Gasteiger partial charge in [-0.05, 0) is 31.9 Å². The smallest absolute Gasteiger partial charge is 0.273 e. The molecule has 3 heterocycles. The van der Waals surface area contributed by atoms with E-state index in [-0.39, 0.29) is 18.6 Å². The van der Waals surface area contributed by atoms with Gasteiger partial charge in [0.05, 0.1) is 18.9 Å². The minimum atomic E-state index is -0.0897. The van der Waals surface area contributed by atoms with E-state index in [0.29, 0.717) is 18.0 Å². The number of nitrogens with zero attached hydrogens (tertiary/aromatic N) is 2. The van der Waals surface area contributed by atoms with E-state index in [1.54, 1.807) is 17.2 Å². The molecule has 0 radical (unpaired) electrons. The van der Waals surface area contributed by atoms with Gasteiger partial charge in [-0.15, -0.1) is 11.3 Å². The number of hydrogen-bond donors (Lipinski definition) is 1. The van der Waals surface area contributed by atoms with E-state index in [9.17, 15) is 9.90 Å². The zero-order chi connectivity index (χ0) is 14.1. The molecular weight excluding hydrogens is 276 g/mol. The van der Waals surface area contributed by atoms with E-state index in [1.807, 2.05) is 13.0 Å². The van der Waals surface area contributed by atoms with Crippen molar-refractivity contribution in [1.29, 1.82) is 0 Å². The van der Waals surface area contributed by atoms with Crippen LogP contribution in [0.4, 0.5) is 0 Å². The Bertz CT molecular complexity index is 606. The van der Waals surface area contributed by atoms with E-state index in [4.69, 9.17) is 4.42 Å². The zero-order valence-electron chi connectivity index (χ0n) is 11.2. The highest BCUT2D eigenvalue weighted by atomic mass is 32.1. The Morgan fingerprint density at radius 1 is 1.65 bits per heavy atom. The first-order valence-corrected chi connectivity index (χ1v) is 7.45. The Labute approximate surface area is 120 Å². The van der Waals surface area contributed by atoms with Crippen molar-refractivity contribution in [3.05, 3.63) is 29.0 Å². The molecule has 1 unspecified atom stereocenters. The van der Waals surface area contributed by atoms with Gasteiger partial charge in [0.25, 0.3) is 5.91 Å². The molecule has 1 fully saturated rings. The lowest BCUT2D eigenvalue weighted by atomic mass is 10.2. The average Bonchev–Trinajstić information content (AvgIpc) is 3.17. The first-order chi connectivity index (χ1) is 9.70. The van der Waals surface area contributed by atoms with Crippen molar-refractivity contribution in [2.24, 2.45) is 0 Å². The fourth-order valence-electron chi connectivity index (χ4n) is 2.53. The molecule has 1 N–H and O–H groups in total. The fraction of sp³-hybridized carbons (Fsp3) is 0.429. The summed E-state index contributed by atoms with van der Waals surface area (Å²) in [6.45, 7) is 2.60. The summed E-state index contributed by atoms with van der Waals surface area (Å²) in [5, 5.41) is 10.0. The maximum absolute atomic E-state index is 12.5. The van der Waals surface area contributed by atoms with Crippen LogP contribution in [0.2, 0.25) is 0 Å². The first-order valence-electron chi connectivity index (χ1n) is 6.64. The molecule has 6 heteroatoms. The highest BCUT2D eigenvalue weighted by molar-refractivity contribution is 7.15. The molecule has 2 aromatic rings. The van der Waals surface area contributed by atoms with E-state index >= 15 is 0 Å². The highest BCUT2D eigenvalue weighted by Gasteiger charge is 2.31. The predicted molar refractivity (Wildman–Crippen MR) is 75.7 cm³/mol. The van der Waals surface area contributed by atoms with Gasteiger partial charge < -0.3 is 14.4 Å². The second-order valence-electron chi connectivity index (χ2n) is 4.88. The minimum absolute atomic E-state index is 0.0139. The topological polar surface area (TPSA) is 66.6 Å². The monoisotopic (exact) mass is 292 g/mol. The second-order valence-corrected chi connectivity index (χ2v) is 6.08. The maximum Gasteiger partial charge on any atom is 0.273 e. The van der Waals surface area contributed by atoms with E-state index in [0.717, 1.165) is 22.7 Å². The van der Waals surface area contributed by atoms with E-state index < -0.39 is 0 Å². The van der Waals surface area contributed by atoms with Crippen LogP contribution in [0.15, 0.2) is 22.8 Å². The number of furan rings is 1. The third-order valence-electron chi connectivity index (χ3n) is 3.58. The molecule has 106 valence electrons. The molecule has 1 atom stereocenters. The highest BCUT2D eigenvalue weighted by Crippen LogP contribution is 2.29.